The highest BCUT2D eigenvalue weighted by molar-refractivity contribution is 7.22. The largest absolute Gasteiger partial charge is 0.484 e. The first-order valence-electron chi connectivity index (χ1n) is 12.0. The van der Waals surface area contributed by atoms with Crippen molar-refractivity contribution in [3.8, 4) is 28.0 Å². The number of nitrogens with zero attached hydrogens (tertiary/aromatic N) is 4. The van der Waals surface area contributed by atoms with Crippen LogP contribution in [0.2, 0.25) is 5.02 Å². The molecule has 1 atom stereocenters. The molecule has 1 N–H and O–H groups in total. The standard InChI is InChI=1S/C27H22ClN5O5S/c1-13-6-17(22-19(7-13)32-21(35-3)10-30-22)26-33-23-18(28)9-20-24(25(23)39-26)36-11-16(38-20)12-37-27(34)31-15-4-5-29-14(2)8-15/h4-10,16H,11-12H2,1-3H3,(H,29,31,34)/t16-/m1/s1. The molecule has 2 aromatic carbocycles. The van der Waals surface area contributed by atoms with Gasteiger partial charge in [0.15, 0.2) is 17.6 Å². The van der Waals surface area contributed by atoms with Gasteiger partial charge in [-0.05, 0) is 43.7 Å². The summed E-state index contributed by atoms with van der Waals surface area (Å²) in [5.74, 6) is 1.46. The summed E-state index contributed by atoms with van der Waals surface area (Å²) >= 11 is 8.06. The van der Waals surface area contributed by atoms with Crippen LogP contribution in [-0.4, -0.2) is 52.5 Å². The van der Waals surface area contributed by atoms with Gasteiger partial charge in [-0.1, -0.05) is 11.6 Å². The Morgan fingerprint density at radius 2 is 2.05 bits per heavy atom. The van der Waals surface area contributed by atoms with Crippen LogP contribution in [0.1, 0.15) is 11.3 Å². The van der Waals surface area contributed by atoms with Crippen LogP contribution in [0.25, 0.3) is 31.8 Å². The Morgan fingerprint density at radius 1 is 1.18 bits per heavy atom. The number of rotatable bonds is 5. The predicted molar refractivity (Wildman–Crippen MR) is 148 cm³/mol. The second-order valence-corrected chi connectivity index (χ2v) is 10.3. The van der Waals surface area contributed by atoms with Gasteiger partial charge in [0.1, 0.15) is 28.4 Å². The number of anilines is 1. The third-order valence-electron chi connectivity index (χ3n) is 6.00. The zero-order valence-corrected chi connectivity index (χ0v) is 22.7. The number of carbonyl (C=O) groups excluding carboxylic acids is 1. The minimum Gasteiger partial charge on any atom is -0.484 e. The zero-order valence-electron chi connectivity index (χ0n) is 21.1. The molecule has 6 rings (SSSR count). The molecule has 0 unspecified atom stereocenters. The summed E-state index contributed by atoms with van der Waals surface area (Å²) in [4.78, 5) is 30.3. The Labute approximate surface area is 231 Å². The van der Waals surface area contributed by atoms with Crippen molar-refractivity contribution in [2.45, 2.75) is 20.0 Å². The van der Waals surface area contributed by atoms with Gasteiger partial charge in [-0.2, -0.15) is 0 Å². The number of aromatic nitrogens is 4. The van der Waals surface area contributed by atoms with Gasteiger partial charge in [-0.25, -0.2) is 19.7 Å². The number of ether oxygens (including phenoxy) is 4. The Kier molecular flexibility index (Phi) is 6.53. The zero-order chi connectivity index (χ0) is 27.1. The van der Waals surface area contributed by atoms with E-state index in [4.69, 9.17) is 35.5 Å². The van der Waals surface area contributed by atoms with Gasteiger partial charge in [-0.15, -0.1) is 11.3 Å². The van der Waals surface area contributed by atoms with E-state index >= 15 is 0 Å². The maximum Gasteiger partial charge on any atom is 0.411 e. The molecule has 198 valence electrons. The molecule has 0 bridgehead atoms. The van der Waals surface area contributed by atoms with Crippen LogP contribution < -0.4 is 19.5 Å². The SMILES string of the molecule is COc1cnc2c(-c3nc4c(Cl)cc5c(c4s3)OC[C@H](COC(=O)Nc3ccnc(C)c3)O5)cc(C)cc2n1. The monoisotopic (exact) mass is 563 g/mol. The van der Waals surface area contributed by atoms with Crippen molar-refractivity contribution in [1.82, 2.24) is 19.9 Å². The lowest BCUT2D eigenvalue weighted by molar-refractivity contribution is 0.0384. The van der Waals surface area contributed by atoms with Crippen LogP contribution >= 0.6 is 22.9 Å². The molecule has 10 nitrogen and oxygen atoms in total. The Balaban J connectivity index is 1.24. The highest BCUT2D eigenvalue weighted by Crippen LogP contribution is 2.47. The lowest BCUT2D eigenvalue weighted by Crippen LogP contribution is -2.35. The fraction of sp³-hybridized carbons (Fsp3) is 0.222. The van der Waals surface area contributed by atoms with E-state index in [-0.39, 0.29) is 13.2 Å². The normalized spacial score (nSPS) is 14.4. The average Bonchev–Trinajstić information content (AvgIpc) is 3.37. The average molecular weight is 564 g/mol. The molecule has 3 aromatic heterocycles. The molecule has 0 radical (unpaired) electrons. The summed E-state index contributed by atoms with van der Waals surface area (Å²) in [6.45, 7) is 4.02. The van der Waals surface area contributed by atoms with E-state index in [1.54, 1.807) is 37.7 Å². The van der Waals surface area contributed by atoms with E-state index in [9.17, 15) is 4.79 Å². The minimum absolute atomic E-state index is 0.00362. The fourth-order valence-electron chi connectivity index (χ4n) is 4.26. The van der Waals surface area contributed by atoms with Crippen LogP contribution in [0.4, 0.5) is 10.5 Å². The molecule has 0 fully saturated rings. The third kappa shape index (κ3) is 4.98. The predicted octanol–water partition coefficient (Wildman–Crippen LogP) is 5.97. The van der Waals surface area contributed by atoms with Crippen LogP contribution in [0.5, 0.6) is 17.4 Å². The van der Waals surface area contributed by atoms with Crippen molar-refractivity contribution in [2.24, 2.45) is 0 Å². The number of hydrogen-bond donors (Lipinski definition) is 1. The number of halogens is 1. The molecule has 0 saturated carbocycles. The van der Waals surface area contributed by atoms with Gasteiger partial charge in [0, 0.05) is 29.2 Å². The van der Waals surface area contributed by atoms with E-state index in [2.05, 4.69) is 20.3 Å². The van der Waals surface area contributed by atoms with E-state index in [0.29, 0.717) is 44.6 Å². The molecule has 12 heteroatoms. The number of hydrogen-bond acceptors (Lipinski definition) is 10. The summed E-state index contributed by atoms with van der Waals surface area (Å²) in [6.07, 6.45) is 2.10. The quantitative estimate of drug-likeness (QED) is 0.276. The number of carbonyl (C=O) groups is 1. The summed E-state index contributed by atoms with van der Waals surface area (Å²) in [7, 11) is 1.56. The first-order chi connectivity index (χ1) is 18.9. The Bertz CT molecular complexity index is 1740. The van der Waals surface area contributed by atoms with Crippen molar-refractivity contribution in [3.63, 3.8) is 0 Å². The minimum atomic E-state index is -0.596. The molecule has 39 heavy (non-hydrogen) atoms. The van der Waals surface area contributed by atoms with Gasteiger partial charge < -0.3 is 18.9 Å². The van der Waals surface area contributed by atoms with Crippen molar-refractivity contribution in [1.29, 1.82) is 0 Å². The van der Waals surface area contributed by atoms with Crippen LogP contribution in [0.15, 0.2) is 42.7 Å². The van der Waals surface area contributed by atoms with Crippen molar-refractivity contribution < 1.29 is 23.7 Å². The van der Waals surface area contributed by atoms with Gasteiger partial charge >= 0.3 is 6.09 Å². The molecule has 1 aliphatic heterocycles. The lowest BCUT2D eigenvalue weighted by Gasteiger charge is -2.26. The van der Waals surface area contributed by atoms with E-state index < -0.39 is 12.2 Å². The first kappa shape index (κ1) is 25.1. The topological polar surface area (TPSA) is 118 Å². The lowest BCUT2D eigenvalue weighted by atomic mass is 10.1. The van der Waals surface area contributed by atoms with Gasteiger partial charge in [0.25, 0.3) is 0 Å². The van der Waals surface area contributed by atoms with Crippen molar-refractivity contribution in [2.75, 3.05) is 25.6 Å². The summed E-state index contributed by atoms with van der Waals surface area (Å²) in [6, 6.07) is 9.08. The highest BCUT2D eigenvalue weighted by Gasteiger charge is 2.28. The molecule has 4 heterocycles. The number of fused-ring (bicyclic) bond motifs is 4. The molecule has 5 aromatic rings. The second kappa shape index (κ2) is 10.2. The van der Waals surface area contributed by atoms with E-state index in [0.717, 1.165) is 26.5 Å². The first-order valence-corrected chi connectivity index (χ1v) is 13.2. The molecular weight excluding hydrogens is 542 g/mol. The van der Waals surface area contributed by atoms with E-state index in [1.165, 1.54) is 11.3 Å². The summed E-state index contributed by atoms with van der Waals surface area (Å²) < 4.78 is 23.5. The molecular formula is C27H22ClN5O5S. The van der Waals surface area contributed by atoms with Crippen molar-refractivity contribution in [3.05, 3.63) is 59.0 Å². The number of aryl methyl sites for hydroxylation is 2. The smallest absolute Gasteiger partial charge is 0.411 e. The van der Waals surface area contributed by atoms with Crippen molar-refractivity contribution >= 4 is 56.0 Å². The maximum absolute atomic E-state index is 12.2. The molecule has 1 aliphatic rings. The number of nitrogens with one attached hydrogen (secondary N) is 1. The number of amides is 1. The summed E-state index contributed by atoms with van der Waals surface area (Å²) in [5, 5.41) is 3.82. The highest BCUT2D eigenvalue weighted by atomic mass is 35.5. The molecule has 0 spiro atoms. The van der Waals surface area contributed by atoms with Crippen LogP contribution in [0, 0.1) is 13.8 Å². The van der Waals surface area contributed by atoms with E-state index in [1.807, 2.05) is 26.0 Å². The molecule has 1 amide bonds. The Hall–Kier alpha value is -4.22. The maximum atomic E-state index is 12.2. The number of methoxy groups -OCH3 is 1. The number of thiazole rings is 1. The second-order valence-electron chi connectivity index (χ2n) is 8.94. The van der Waals surface area contributed by atoms with Gasteiger partial charge in [0.05, 0.1) is 29.4 Å². The molecule has 0 aliphatic carbocycles. The Morgan fingerprint density at radius 3 is 2.87 bits per heavy atom. The van der Waals surface area contributed by atoms with Gasteiger partial charge in [-0.3, -0.25) is 10.3 Å². The number of benzene rings is 2. The van der Waals surface area contributed by atoms with Gasteiger partial charge in [0.2, 0.25) is 5.88 Å². The number of pyridine rings is 1. The fourth-order valence-corrected chi connectivity index (χ4v) is 5.66. The molecule has 0 saturated heterocycles. The van der Waals surface area contributed by atoms with Crippen LogP contribution in [-0.2, 0) is 4.74 Å². The third-order valence-corrected chi connectivity index (χ3v) is 7.38. The summed E-state index contributed by atoms with van der Waals surface area (Å²) in [5.41, 5.74) is 5.26. The van der Waals surface area contributed by atoms with Crippen LogP contribution in [0.3, 0.4) is 0 Å².